The zero-order valence-corrected chi connectivity index (χ0v) is 19.6. The number of hydrogen-bond acceptors (Lipinski definition) is 5. The average Bonchev–Trinajstić information content (AvgIpc) is 2.76. The van der Waals surface area contributed by atoms with Crippen LogP contribution < -0.4 is 20.1 Å². The minimum Gasteiger partial charge on any atom is -0.495 e. The quantitative estimate of drug-likeness (QED) is 0.413. The molecule has 0 aliphatic carbocycles. The number of benzene rings is 2. The molecule has 7 nitrogen and oxygen atoms in total. The molecule has 1 amide bonds. The number of sulfonamides is 1. The van der Waals surface area contributed by atoms with Crippen molar-refractivity contribution in [2.75, 3.05) is 14.2 Å². The third kappa shape index (κ3) is 6.53. The van der Waals surface area contributed by atoms with Crippen LogP contribution in [0.15, 0.2) is 53.4 Å². The number of carbonyl (C=O) groups is 1. The molecule has 0 heterocycles. The van der Waals surface area contributed by atoms with Gasteiger partial charge in [-0.15, -0.1) is 0 Å². The smallest absolute Gasteiger partial charge is 0.267 e. The first-order chi connectivity index (χ1) is 14.7. The molecule has 2 aromatic carbocycles. The second-order valence-electron chi connectivity index (χ2n) is 6.71. The van der Waals surface area contributed by atoms with Crippen LogP contribution in [0.2, 0.25) is 0 Å². The Morgan fingerprint density at radius 3 is 2.58 bits per heavy atom. The molecule has 3 N–H and O–H groups in total. The van der Waals surface area contributed by atoms with Crippen LogP contribution in [-0.4, -0.2) is 33.6 Å². The highest BCUT2D eigenvalue weighted by Crippen LogP contribution is 2.27. The predicted molar refractivity (Wildman–Crippen MR) is 126 cm³/mol. The number of rotatable bonds is 8. The predicted octanol–water partition coefficient (Wildman–Crippen LogP) is 2.93. The van der Waals surface area contributed by atoms with Crippen LogP contribution >= 0.6 is 12.2 Å². The fourth-order valence-electron chi connectivity index (χ4n) is 2.93. The average molecular weight is 462 g/mol. The number of carbonyl (C=O) groups excluding carboxylic acids is 1. The first kappa shape index (κ1) is 24.4. The van der Waals surface area contributed by atoms with Crippen LogP contribution in [0.3, 0.4) is 0 Å². The molecule has 0 saturated carbocycles. The van der Waals surface area contributed by atoms with Gasteiger partial charge >= 0.3 is 0 Å². The fraction of sp³-hybridized carbons (Fsp3) is 0.273. The fourth-order valence-corrected chi connectivity index (χ4v) is 4.42. The van der Waals surface area contributed by atoms with Crippen molar-refractivity contribution in [1.29, 1.82) is 0 Å². The van der Waals surface area contributed by atoms with E-state index in [4.69, 9.17) is 17.0 Å². The maximum atomic E-state index is 12.7. The van der Waals surface area contributed by atoms with Crippen molar-refractivity contribution < 1.29 is 17.9 Å². The molecule has 0 bridgehead atoms. The number of thiocarbonyl (C=S) groups is 1. The number of aryl methyl sites for hydroxylation is 1. The Morgan fingerprint density at radius 2 is 1.94 bits per heavy atom. The molecule has 2 rings (SSSR count). The van der Waals surface area contributed by atoms with Gasteiger partial charge < -0.3 is 15.4 Å². The van der Waals surface area contributed by atoms with Gasteiger partial charge in [0.15, 0.2) is 5.11 Å². The summed E-state index contributed by atoms with van der Waals surface area (Å²) in [4.78, 5) is 12.3. The SMILES string of the molecule is CCc1ccccc1C=CC(=O)NC(C)c1ccc(OC)c(S(=O)(=O)NC(=S)NC)c1. The van der Waals surface area contributed by atoms with Crippen molar-refractivity contribution in [3.05, 3.63) is 65.2 Å². The number of hydrogen-bond donors (Lipinski definition) is 3. The monoisotopic (exact) mass is 461 g/mol. The van der Waals surface area contributed by atoms with Crippen molar-refractivity contribution in [2.45, 2.75) is 31.2 Å². The molecule has 0 saturated heterocycles. The normalized spacial score (nSPS) is 12.3. The van der Waals surface area contributed by atoms with Gasteiger partial charge in [0.25, 0.3) is 10.0 Å². The van der Waals surface area contributed by atoms with E-state index < -0.39 is 16.1 Å². The highest BCUT2D eigenvalue weighted by atomic mass is 32.2. The minimum atomic E-state index is -3.96. The highest BCUT2D eigenvalue weighted by molar-refractivity contribution is 7.92. The Balaban J connectivity index is 2.21. The lowest BCUT2D eigenvalue weighted by Gasteiger charge is -2.17. The first-order valence-electron chi connectivity index (χ1n) is 9.70. The molecule has 1 atom stereocenters. The molecule has 166 valence electrons. The second-order valence-corrected chi connectivity index (χ2v) is 8.77. The molecule has 0 aliphatic rings. The van der Waals surface area contributed by atoms with Crippen LogP contribution in [0.25, 0.3) is 6.08 Å². The van der Waals surface area contributed by atoms with Crippen molar-refractivity contribution in [3.63, 3.8) is 0 Å². The van der Waals surface area contributed by atoms with Crippen LogP contribution in [0.1, 0.15) is 36.6 Å². The van der Waals surface area contributed by atoms with Gasteiger partial charge in [0.2, 0.25) is 5.91 Å². The summed E-state index contributed by atoms with van der Waals surface area (Å²) >= 11 is 4.90. The summed E-state index contributed by atoms with van der Waals surface area (Å²) in [5.41, 5.74) is 2.74. The third-order valence-corrected chi connectivity index (χ3v) is 6.45. The maximum absolute atomic E-state index is 12.7. The summed E-state index contributed by atoms with van der Waals surface area (Å²) in [5, 5.41) is 5.38. The van der Waals surface area contributed by atoms with E-state index in [-0.39, 0.29) is 21.7 Å². The molecule has 0 aromatic heterocycles. The Morgan fingerprint density at radius 1 is 1.23 bits per heavy atom. The van der Waals surface area contributed by atoms with Crippen molar-refractivity contribution in [3.8, 4) is 5.75 Å². The van der Waals surface area contributed by atoms with E-state index in [0.29, 0.717) is 5.56 Å². The van der Waals surface area contributed by atoms with Gasteiger partial charge in [-0.3, -0.25) is 9.52 Å². The topological polar surface area (TPSA) is 96.5 Å². The lowest BCUT2D eigenvalue weighted by molar-refractivity contribution is -0.117. The number of amides is 1. The second kappa shape index (κ2) is 10.9. The van der Waals surface area contributed by atoms with Gasteiger partial charge in [-0.25, -0.2) is 8.42 Å². The number of nitrogens with one attached hydrogen (secondary N) is 3. The molecular formula is C22H27N3O4S2. The van der Waals surface area contributed by atoms with Gasteiger partial charge in [0.05, 0.1) is 13.2 Å². The maximum Gasteiger partial charge on any atom is 0.267 e. The van der Waals surface area contributed by atoms with E-state index in [1.807, 2.05) is 24.3 Å². The highest BCUT2D eigenvalue weighted by Gasteiger charge is 2.22. The summed E-state index contributed by atoms with van der Waals surface area (Å²) < 4.78 is 32.8. The molecule has 9 heteroatoms. The van der Waals surface area contributed by atoms with E-state index in [1.54, 1.807) is 25.1 Å². The summed E-state index contributed by atoms with van der Waals surface area (Å²) in [6.45, 7) is 3.83. The van der Waals surface area contributed by atoms with Gasteiger partial charge in [-0.1, -0.05) is 37.3 Å². The summed E-state index contributed by atoms with van der Waals surface area (Å²) in [5.74, 6) is -0.113. The third-order valence-electron chi connectivity index (χ3n) is 4.64. The van der Waals surface area contributed by atoms with Crippen molar-refractivity contribution >= 4 is 39.3 Å². The molecule has 0 aliphatic heterocycles. The standard InChI is InChI=1S/C22H27N3O4S2/c1-5-16-8-6-7-9-17(16)11-13-21(26)24-15(2)18-10-12-19(29-4)20(14-18)31(27,28)25-22(30)23-3/h6-15H,5H2,1-4H3,(H,24,26)(H2,23,25,30). The molecule has 0 radical (unpaired) electrons. The molecule has 1 unspecified atom stereocenters. The van der Waals surface area contributed by atoms with E-state index in [0.717, 1.165) is 17.5 Å². The zero-order chi connectivity index (χ0) is 23.0. The number of methoxy groups -OCH3 is 1. The lowest BCUT2D eigenvalue weighted by Crippen LogP contribution is -2.37. The van der Waals surface area contributed by atoms with E-state index in [2.05, 4.69) is 22.3 Å². The Bertz CT molecular complexity index is 1080. The minimum absolute atomic E-state index is 0.0358. The summed E-state index contributed by atoms with van der Waals surface area (Å²) in [6.07, 6.45) is 4.11. The first-order valence-corrected chi connectivity index (χ1v) is 11.6. The van der Waals surface area contributed by atoms with Crippen molar-refractivity contribution in [1.82, 2.24) is 15.4 Å². The Labute approximate surface area is 188 Å². The van der Waals surface area contributed by atoms with Gasteiger partial charge in [0, 0.05) is 13.1 Å². The lowest BCUT2D eigenvalue weighted by atomic mass is 10.0. The van der Waals surface area contributed by atoms with Gasteiger partial charge in [-0.2, -0.15) is 0 Å². The van der Waals surface area contributed by atoms with E-state index in [9.17, 15) is 13.2 Å². The van der Waals surface area contributed by atoms with Gasteiger partial charge in [0.1, 0.15) is 10.6 Å². The van der Waals surface area contributed by atoms with Gasteiger partial charge in [-0.05, 0) is 60.5 Å². The summed E-state index contributed by atoms with van der Waals surface area (Å²) in [6, 6.07) is 12.1. The molecule has 31 heavy (non-hydrogen) atoms. The largest absolute Gasteiger partial charge is 0.495 e. The van der Waals surface area contributed by atoms with Crippen LogP contribution in [-0.2, 0) is 21.2 Å². The van der Waals surface area contributed by atoms with Crippen LogP contribution in [0.4, 0.5) is 0 Å². The molecule has 2 aromatic rings. The molecule has 0 spiro atoms. The molecular weight excluding hydrogens is 434 g/mol. The number of ether oxygens (including phenoxy) is 1. The van der Waals surface area contributed by atoms with E-state index >= 15 is 0 Å². The van der Waals surface area contributed by atoms with Crippen molar-refractivity contribution in [2.24, 2.45) is 0 Å². The zero-order valence-electron chi connectivity index (χ0n) is 17.9. The van der Waals surface area contributed by atoms with E-state index in [1.165, 1.54) is 26.3 Å². The summed E-state index contributed by atoms with van der Waals surface area (Å²) in [7, 11) is -1.06. The molecule has 0 fully saturated rings. The Kier molecular flexibility index (Phi) is 8.58. The van der Waals surface area contributed by atoms with Crippen LogP contribution in [0.5, 0.6) is 5.75 Å². The van der Waals surface area contributed by atoms with Crippen LogP contribution in [0, 0.1) is 0 Å². The Hall–Kier alpha value is -2.91.